The summed E-state index contributed by atoms with van der Waals surface area (Å²) in [6.45, 7) is 11.7. The molecule has 11 heteroatoms. The number of amides is 3. The number of H-pyrrole nitrogens is 1. The molecular formula is C44H40N4O7. The molecule has 3 amide bonds. The van der Waals surface area contributed by atoms with Crippen LogP contribution in [0.4, 0.5) is 11.4 Å². The molecule has 0 atom stereocenters. The fraction of sp³-hybridized carbons (Fsp3) is 0.182. The normalized spacial score (nSPS) is 12.0. The van der Waals surface area contributed by atoms with Crippen molar-refractivity contribution in [2.75, 3.05) is 10.2 Å². The number of aromatic nitrogens is 2. The van der Waals surface area contributed by atoms with Crippen molar-refractivity contribution >= 4 is 52.1 Å². The van der Waals surface area contributed by atoms with Crippen LogP contribution in [-0.2, 0) is 11.2 Å². The van der Waals surface area contributed by atoms with Crippen molar-refractivity contribution in [2.24, 2.45) is 0 Å². The van der Waals surface area contributed by atoms with E-state index in [0.29, 0.717) is 17.7 Å². The highest BCUT2D eigenvalue weighted by molar-refractivity contribution is 6.35. The van der Waals surface area contributed by atoms with Crippen molar-refractivity contribution in [3.63, 3.8) is 0 Å². The van der Waals surface area contributed by atoms with Gasteiger partial charge in [0.15, 0.2) is 0 Å². The highest BCUT2D eigenvalue weighted by Gasteiger charge is 2.38. The van der Waals surface area contributed by atoms with Gasteiger partial charge in [-0.1, -0.05) is 36.4 Å². The third-order valence-corrected chi connectivity index (χ3v) is 9.76. The topological polar surface area (TPSA) is 170 Å². The summed E-state index contributed by atoms with van der Waals surface area (Å²) in [7, 11) is 0. The molecule has 7 rings (SSSR count). The first-order valence-electron chi connectivity index (χ1n) is 17.7. The smallest absolute Gasteiger partial charge is 0.335 e. The Kier molecular flexibility index (Phi) is 10.5. The molecule has 0 saturated carbocycles. The highest BCUT2D eigenvalue weighted by Crippen LogP contribution is 2.34. The zero-order valence-electron chi connectivity index (χ0n) is 31.3. The van der Waals surface area contributed by atoms with E-state index in [9.17, 15) is 24.0 Å². The average Bonchev–Trinajstić information content (AvgIpc) is 3.66. The number of anilines is 2. The number of carbonyl (C=O) groups excluding carboxylic acids is 3. The Hall–Kier alpha value is -6.88. The van der Waals surface area contributed by atoms with Crippen LogP contribution in [0.1, 0.15) is 86.8 Å². The third-order valence-electron chi connectivity index (χ3n) is 9.76. The van der Waals surface area contributed by atoms with Gasteiger partial charge in [-0.15, -0.1) is 0 Å². The van der Waals surface area contributed by atoms with E-state index in [4.69, 9.17) is 15.2 Å². The Morgan fingerprint density at radius 1 is 0.691 bits per heavy atom. The number of carbonyl (C=O) groups is 5. The molecule has 4 N–H and O–H groups in total. The molecule has 11 nitrogen and oxygen atoms in total. The number of imide groups is 1. The van der Waals surface area contributed by atoms with Crippen molar-refractivity contribution in [2.45, 2.75) is 54.4 Å². The number of rotatable bonds is 8. The second-order valence-electron chi connectivity index (χ2n) is 13.8. The summed E-state index contributed by atoms with van der Waals surface area (Å²) < 4.78 is 0. The van der Waals surface area contributed by atoms with Gasteiger partial charge in [0, 0.05) is 23.2 Å². The van der Waals surface area contributed by atoms with Gasteiger partial charge in [0.05, 0.1) is 33.4 Å². The average molecular weight is 737 g/mol. The van der Waals surface area contributed by atoms with Gasteiger partial charge in [-0.25, -0.2) is 14.7 Å². The molecule has 0 fully saturated rings. The summed E-state index contributed by atoms with van der Waals surface area (Å²) >= 11 is 0. The maximum Gasteiger partial charge on any atom is 0.335 e. The molecule has 0 spiro atoms. The quantitative estimate of drug-likeness (QED) is 0.113. The Bertz CT molecular complexity index is 2520. The number of aliphatic carboxylic acids is 1. The number of imidazole rings is 1. The molecule has 1 aliphatic heterocycles. The van der Waals surface area contributed by atoms with E-state index in [1.54, 1.807) is 6.07 Å². The summed E-state index contributed by atoms with van der Waals surface area (Å²) in [5.74, 6) is -2.28. The van der Waals surface area contributed by atoms with Crippen LogP contribution in [0.5, 0.6) is 0 Å². The van der Waals surface area contributed by atoms with Gasteiger partial charge in [0.2, 0.25) is 0 Å². The Morgan fingerprint density at radius 3 is 1.98 bits per heavy atom. The maximum atomic E-state index is 12.8. The number of nitrogens with one attached hydrogen (secondary N) is 2. The van der Waals surface area contributed by atoms with Crippen LogP contribution in [0.15, 0.2) is 84.9 Å². The van der Waals surface area contributed by atoms with E-state index in [2.05, 4.69) is 10.3 Å². The minimum atomic E-state index is -1.13. The molecule has 0 aliphatic carbocycles. The lowest BCUT2D eigenvalue weighted by molar-refractivity contribution is -0.136. The van der Waals surface area contributed by atoms with Gasteiger partial charge < -0.3 is 20.5 Å². The van der Waals surface area contributed by atoms with Gasteiger partial charge in [-0.05, 0) is 135 Å². The first kappa shape index (κ1) is 37.9. The molecule has 55 heavy (non-hydrogen) atoms. The standard InChI is InChI=1S/C27H27N3O3.C17H13NO4/c1-15-5-8-21(13-16(15)2)28-27(33)20-7-9-22-23(14-20)30-26(29-22)25-17(3)11-19(12-18(25)4)6-10-24(31)32;1-9-4-3-5-10(2)14(9)18-15(19)12-7-6-11(17(21)22)8-13(12)16(18)20/h5,7-9,11-14H,6,10H2,1-4H3,(H,28,33)(H,29,30)(H,31,32);3-8H,1-2H3,(H,21,22). The van der Waals surface area contributed by atoms with Gasteiger partial charge >= 0.3 is 11.9 Å². The van der Waals surface area contributed by atoms with E-state index in [0.717, 1.165) is 66.4 Å². The number of hydrogen-bond donors (Lipinski definition) is 4. The lowest BCUT2D eigenvalue weighted by atomic mass is 9.97. The van der Waals surface area contributed by atoms with E-state index in [1.807, 2.05) is 102 Å². The molecule has 278 valence electrons. The van der Waals surface area contributed by atoms with Crippen molar-refractivity contribution in [3.05, 3.63) is 146 Å². The Morgan fingerprint density at radius 2 is 1.35 bits per heavy atom. The van der Waals surface area contributed by atoms with Crippen LogP contribution in [-0.4, -0.2) is 49.8 Å². The Labute approximate surface area is 317 Å². The Balaban J connectivity index is 0.000000203. The molecule has 0 radical (unpaired) electrons. The van der Waals surface area contributed by atoms with Crippen molar-refractivity contribution < 1.29 is 34.2 Å². The van der Waals surface area contributed by atoms with Crippen molar-refractivity contribution in [1.82, 2.24) is 9.97 Å². The first-order valence-corrected chi connectivity index (χ1v) is 17.7. The summed E-state index contributed by atoms with van der Waals surface area (Å²) in [4.78, 5) is 69.1. The molecule has 1 aromatic heterocycles. The number of hydrogen-bond acceptors (Lipinski definition) is 6. The summed E-state index contributed by atoms with van der Waals surface area (Å²) in [6, 6.07) is 24.8. The molecule has 0 bridgehead atoms. The van der Waals surface area contributed by atoms with Crippen molar-refractivity contribution in [3.8, 4) is 11.4 Å². The fourth-order valence-corrected chi connectivity index (χ4v) is 6.85. The van der Waals surface area contributed by atoms with Crippen LogP contribution < -0.4 is 10.2 Å². The zero-order chi connectivity index (χ0) is 39.7. The van der Waals surface area contributed by atoms with Gasteiger partial charge in [0.25, 0.3) is 17.7 Å². The number of nitrogens with zero attached hydrogens (tertiary/aromatic N) is 2. The van der Waals surface area contributed by atoms with Crippen LogP contribution >= 0.6 is 0 Å². The number of aromatic carboxylic acids is 1. The third kappa shape index (κ3) is 7.77. The van der Waals surface area contributed by atoms with Gasteiger partial charge in [0.1, 0.15) is 5.82 Å². The molecule has 5 aromatic carbocycles. The van der Waals surface area contributed by atoms with E-state index < -0.39 is 23.8 Å². The van der Waals surface area contributed by atoms with Crippen LogP contribution in [0.3, 0.4) is 0 Å². The number of aromatic amines is 1. The lowest BCUT2D eigenvalue weighted by Crippen LogP contribution is -2.30. The van der Waals surface area contributed by atoms with E-state index >= 15 is 0 Å². The fourth-order valence-electron chi connectivity index (χ4n) is 6.85. The van der Waals surface area contributed by atoms with Gasteiger partial charge in [-0.3, -0.25) is 19.2 Å². The molecule has 2 heterocycles. The second-order valence-corrected chi connectivity index (χ2v) is 13.8. The molecular weight excluding hydrogens is 697 g/mol. The van der Waals surface area contributed by atoms with Crippen LogP contribution in [0.25, 0.3) is 22.4 Å². The van der Waals surface area contributed by atoms with Crippen LogP contribution in [0, 0.1) is 41.5 Å². The molecule has 6 aromatic rings. The molecule has 0 saturated heterocycles. The minimum absolute atomic E-state index is 0.0109. The summed E-state index contributed by atoms with van der Waals surface area (Å²) in [5, 5.41) is 20.9. The van der Waals surface area contributed by atoms with E-state index in [1.165, 1.54) is 23.8 Å². The predicted octanol–water partition coefficient (Wildman–Crippen LogP) is 8.54. The second kappa shape index (κ2) is 15.2. The van der Waals surface area contributed by atoms with Crippen LogP contribution in [0.2, 0.25) is 0 Å². The number of aryl methyl sites for hydroxylation is 7. The SMILES string of the molecule is Cc1ccc(NC(=O)c2ccc3nc(-c4c(C)cc(CCC(=O)O)cc4C)[nH]c3c2)cc1C.Cc1cccc(C)c1N1C(=O)c2ccc(C(=O)O)cc2C1=O. The first-order chi connectivity index (χ1) is 26.1. The number of para-hydroxylation sites is 1. The maximum absolute atomic E-state index is 12.8. The lowest BCUT2D eigenvalue weighted by Gasteiger charge is -2.19. The minimum Gasteiger partial charge on any atom is -0.481 e. The van der Waals surface area contributed by atoms with Gasteiger partial charge in [-0.2, -0.15) is 0 Å². The number of carboxylic acid groups (broad SMARTS) is 2. The zero-order valence-corrected chi connectivity index (χ0v) is 31.3. The highest BCUT2D eigenvalue weighted by atomic mass is 16.4. The summed E-state index contributed by atoms with van der Waals surface area (Å²) in [6.07, 6.45) is 0.603. The number of benzene rings is 5. The molecule has 0 unspecified atom stereocenters. The number of carboxylic acids is 2. The van der Waals surface area contributed by atoms with E-state index in [-0.39, 0.29) is 29.0 Å². The summed E-state index contributed by atoms with van der Waals surface area (Å²) in [5.41, 5.74) is 11.8. The largest absolute Gasteiger partial charge is 0.481 e. The van der Waals surface area contributed by atoms with Crippen molar-refractivity contribution in [1.29, 1.82) is 0 Å². The predicted molar refractivity (Wildman–Crippen MR) is 211 cm³/mol. The monoisotopic (exact) mass is 736 g/mol. The molecule has 1 aliphatic rings. The number of fused-ring (bicyclic) bond motifs is 2.